The molecular formula is C13H26O4. The van der Waals surface area contributed by atoms with Gasteiger partial charge in [-0.1, -0.05) is 13.3 Å². The summed E-state index contributed by atoms with van der Waals surface area (Å²) >= 11 is 0. The number of hydrogen-bond acceptors (Lipinski definition) is 4. The van der Waals surface area contributed by atoms with Crippen molar-refractivity contribution in [2.45, 2.75) is 64.1 Å². The summed E-state index contributed by atoms with van der Waals surface area (Å²) in [5.41, 5.74) is 0. The Kier molecular flexibility index (Phi) is 10.4. The lowest BCUT2D eigenvalue weighted by Crippen LogP contribution is -2.21. The van der Waals surface area contributed by atoms with E-state index in [9.17, 15) is 15.0 Å². The van der Waals surface area contributed by atoms with Gasteiger partial charge in [-0.3, -0.25) is 4.79 Å². The molecule has 0 heterocycles. The molecule has 0 aliphatic carbocycles. The molecule has 102 valence electrons. The fourth-order valence-corrected chi connectivity index (χ4v) is 1.74. The number of rotatable bonds is 11. The summed E-state index contributed by atoms with van der Waals surface area (Å²) in [5, 5.41) is 19.0. The lowest BCUT2D eigenvalue weighted by Gasteiger charge is -2.11. The third-order valence-electron chi connectivity index (χ3n) is 2.78. The first-order chi connectivity index (χ1) is 8.11. The second kappa shape index (κ2) is 10.7. The molecule has 4 nitrogen and oxygen atoms in total. The van der Waals surface area contributed by atoms with E-state index < -0.39 is 6.10 Å². The van der Waals surface area contributed by atoms with Crippen molar-refractivity contribution in [1.82, 2.24) is 0 Å². The third-order valence-corrected chi connectivity index (χ3v) is 2.78. The van der Waals surface area contributed by atoms with Crippen LogP contribution in [-0.4, -0.2) is 41.9 Å². The van der Waals surface area contributed by atoms with Gasteiger partial charge in [0.2, 0.25) is 0 Å². The lowest BCUT2D eigenvalue weighted by atomic mass is 10.0. The highest BCUT2D eigenvalue weighted by atomic mass is 16.5. The maximum atomic E-state index is 11.5. The van der Waals surface area contributed by atoms with Gasteiger partial charge in [0.15, 0.2) is 5.78 Å². The summed E-state index contributed by atoms with van der Waals surface area (Å²) in [7, 11) is 1.60. The molecule has 0 radical (unpaired) electrons. The molecule has 0 bridgehead atoms. The zero-order valence-corrected chi connectivity index (χ0v) is 11.0. The maximum Gasteiger partial charge on any atom is 0.161 e. The van der Waals surface area contributed by atoms with Crippen molar-refractivity contribution in [3.05, 3.63) is 0 Å². The molecule has 0 aliphatic rings. The molecule has 2 N–H and O–H groups in total. The standard InChI is InChI=1S/C13H26O4/c1-3-6-11(14)7-4-8-12(15)13(16)9-5-10-17-2/h11,13-14,16H,3-10H2,1-2H3. The van der Waals surface area contributed by atoms with Gasteiger partial charge in [0.1, 0.15) is 6.10 Å². The molecule has 0 saturated heterocycles. The molecule has 0 fully saturated rings. The molecule has 4 heteroatoms. The Hall–Kier alpha value is -0.450. The van der Waals surface area contributed by atoms with Crippen LogP contribution in [0.15, 0.2) is 0 Å². The van der Waals surface area contributed by atoms with Gasteiger partial charge in [-0.2, -0.15) is 0 Å². The van der Waals surface area contributed by atoms with Crippen molar-refractivity contribution in [2.24, 2.45) is 0 Å². The second-order valence-electron chi connectivity index (χ2n) is 4.45. The Bertz CT molecular complexity index is 194. The summed E-state index contributed by atoms with van der Waals surface area (Å²) in [6, 6.07) is 0. The third kappa shape index (κ3) is 9.27. The maximum absolute atomic E-state index is 11.5. The van der Waals surface area contributed by atoms with Crippen molar-refractivity contribution in [2.75, 3.05) is 13.7 Å². The van der Waals surface area contributed by atoms with Gasteiger partial charge in [-0.25, -0.2) is 0 Å². The van der Waals surface area contributed by atoms with Gasteiger partial charge in [0, 0.05) is 20.1 Å². The minimum atomic E-state index is -0.867. The number of aliphatic hydroxyl groups excluding tert-OH is 2. The van der Waals surface area contributed by atoms with Crippen molar-refractivity contribution in [3.63, 3.8) is 0 Å². The van der Waals surface area contributed by atoms with Crippen LogP contribution in [0.4, 0.5) is 0 Å². The number of carbonyl (C=O) groups excluding carboxylic acids is 1. The highest BCUT2D eigenvalue weighted by molar-refractivity contribution is 5.82. The van der Waals surface area contributed by atoms with Crippen molar-refractivity contribution >= 4 is 5.78 Å². The van der Waals surface area contributed by atoms with Crippen molar-refractivity contribution in [3.8, 4) is 0 Å². The van der Waals surface area contributed by atoms with Crippen LogP contribution in [0.5, 0.6) is 0 Å². The minimum Gasteiger partial charge on any atom is -0.393 e. The van der Waals surface area contributed by atoms with Gasteiger partial charge in [0.25, 0.3) is 0 Å². The molecule has 0 saturated carbocycles. The Balaban J connectivity index is 3.56. The SMILES string of the molecule is CCCC(O)CCCC(=O)C(O)CCCOC. The molecule has 17 heavy (non-hydrogen) atoms. The van der Waals surface area contributed by atoms with Crippen LogP contribution in [0, 0.1) is 0 Å². The highest BCUT2D eigenvalue weighted by Crippen LogP contribution is 2.09. The van der Waals surface area contributed by atoms with Crippen LogP contribution in [0.25, 0.3) is 0 Å². The van der Waals surface area contributed by atoms with Gasteiger partial charge >= 0.3 is 0 Å². The molecule has 0 spiro atoms. The zero-order chi connectivity index (χ0) is 13.1. The summed E-state index contributed by atoms with van der Waals surface area (Å²) in [6.45, 7) is 2.59. The van der Waals surface area contributed by atoms with Gasteiger partial charge in [-0.15, -0.1) is 0 Å². The van der Waals surface area contributed by atoms with E-state index in [0.29, 0.717) is 38.7 Å². The van der Waals surface area contributed by atoms with Crippen LogP contribution in [0.1, 0.15) is 51.9 Å². The average molecular weight is 246 g/mol. The Morgan fingerprint density at radius 1 is 1.18 bits per heavy atom. The zero-order valence-electron chi connectivity index (χ0n) is 11.0. The van der Waals surface area contributed by atoms with E-state index >= 15 is 0 Å². The monoisotopic (exact) mass is 246 g/mol. The fourth-order valence-electron chi connectivity index (χ4n) is 1.74. The molecule has 2 unspecified atom stereocenters. The Labute approximate surface area is 104 Å². The summed E-state index contributed by atoms with van der Waals surface area (Å²) in [6.07, 6.45) is 3.37. The Morgan fingerprint density at radius 3 is 2.47 bits per heavy atom. The molecule has 0 amide bonds. The number of ether oxygens (including phenoxy) is 1. The first-order valence-electron chi connectivity index (χ1n) is 6.49. The van der Waals surface area contributed by atoms with E-state index in [1.54, 1.807) is 7.11 Å². The normalized spacial score (nSPS) is 14.6. The predicted octanol–water partition coefficient (Wildman–Crippen LogP) is 1.67. The summed E-state index contributed by atoms with van der Waals surface area (Å²) < 4.78 is 4.86. The average Bonchev–Trinajstić information content (AvgIpc) is 2.29. The Morgan fingerprint density at radius 2 is 1.88 bits per heavy atom. The number of hydrogen-bond donors (Lipinski definition) is 2. The van der Waals surface area contributed by atoms with Crippen molar-refractivity contribution in [1.29, 1.82) is 0 Å². The van der Waals surface area contributed by atoms with E-state index in [4.69, 9.17) is 4.74 Å². The van der Waals surface area contributed by atoms with Gasteiger partial charge in [0.05, 0.1) is 6.10 Å². The number of carbonyl (C=O) groups is 1. The molecule has 0 aromatic heterocycles. The first-order valence-corrected chi connectivity index (χ1v) is 6.49. The van der Waals surface area contributed by atoms with E-state index in [1.165, 1.54) is 0 Å². The molecule has 0 aliphatic heterocycles. The number of aliphatic hydroxyl groups is 2. The van der Waals surface area contributed by atoms with Crippen LogP contribution in [-0.2, 0) is 9.53 Å². The van der Waals surface area contributed by atoms with Crippen LogP contribution >= 0.6 is 0 Å². The molecule has 2 atom stereocenters. The van der Waals surface area contributed by atoms with Crippen LogP contribution in [0.2, 0.25) is 0 Å². The quantitative estimate of drug-likeness (QED) is 0.544. The molecule has 0 aromatic rings. The first kappa shape index (κ1) is 16.6. The smallest absolute Gasteiger partial charge is 0.161 e. The fraction of sp³-hybridized carbons (Fsp3) is 0.923. The second-order valence-corrected chi connectivity index (χ2v) is 4.45. The van der Waals surface area contributed by atoms with E-state index in [2.05, 4.69) is 0 Å². The summed E-state index contributed by atoms with van der Waals surface area (Å²) in [5.74, 6) is -0.121. The van der Waals surface area contributed by atoms with E-state index in [-0.39, 0.29) is 11.9 Å². The number of Topliss-reactive ketones (excluding diaryl/α,β-unsaturated/α-hetero) is 1. The number of ketones is 1. The molecule has 0 aromatic carbocycles. The van der Waals surface area contributed by atoms with E-state index in [1.807, 2.05) is 6.92 Å². The lowest BCUT2D eigenvalue weighted by molar-refractivity contribution is -0.127. The predicted molar refractivity (Wildman–Crippen MR) is 66.9 cm³/mol. The minimum absolute atomic E-state index is 0.121. The molecular weight excluding hydrogens is 220 g/mol. The molecule has 0 rings (SSSR count). The highest BCUT2D eigenvalue weighted by Gasteiger charge is 2.14. The summed E-state index contributed by atoms with van der Waals surface area (Å²) in [4.78, 5) is 11.5. The van der Waals surface area contributed by atoms with Gasteiger partial charge < -0.3 is 14.9 Å². The van der Waals surface area contributed by atoms with E-state index in [0.717, 1.165) is 12.8 Å². The van der Waals surface area contributed by atoms with Gasteiger partial charge in [-0.05, 0) is 32.1 Å². The van der Waals surface area contributed by atoms with Crippen LogP contribution < -0.4 is 0 Å². The topological polar surface area (TPSA) is 66.8 Å². The largest absolute Gasteiger partial charge is 0.393 e. The number of methoxy groups -OCH3 is 1. The van der Waals surface area contributed by atoms with Crippen LogP contribution in [0.3, 0.4) is 0 Å². The van der Waals surface area contributed by atoms with Crippen molar-refractivity contribution < 1.29 is 19.7 Å².